The Labute approximate surface area is 167 Å². The van der Waals surface area contributed by atoms with Crippen molar-refractivity contribution >= 4 is 11.6 Å². The molecular formula is C25H30N2O. The van der Waals surface area contributed by atoms with Gasteiger partial charge in [0.2, 0.25) is 0 Å². The Balaban J connectivity index is 1.52. The number of carbonyl (C=O) groups is 1. The summed E-state index contributed by atoms with van der Waals surface area (Å²) >= 11 is 0. The van der Waals surface area contributed by atoms with Crippen molar-refractivity contribution < 1.29 is 4.79 Å². The van der Waals surface area contributed by atoms with Crippen LogP contribution in [0.25, 0.3) is 0 Å². The van der Waals surface area contributed by atoms with Gasteiger partial charge in [0.1, 0.15) is 0 Å². The molecule has 0 radical (unpaired) electrons. The summed E-state index contributed by atoms with van der Waals surface area (Å²) in [7, 11) is 0. The molecule has 3 nitrogen and oxygen atoms in total. The predicted molar refractivity (Wildman–Crippen MR) is 114 cm³/mol. The Kier molecular flexibility index (Phi) is 4.41. The van der Waals surface area contributed by atoms with E-state index >= 15 is 0 Å². The van der Waals surface area contributed by atoms with Crippen LogP contribution in [0, 0.1) is 17.8 Å². The van der Waals surface area contributed by atoms with E-state index in [1.807, 2.05) is 6.07 Å². The molecule has 1 amide bonds. The number of hydrogen-bond donors (Lipinski definition) is 2. The van der Waals surface area contributed by atoms with Gasteiger partial charge in [-0.15, -0.1) is 0 Å². The lowest BCUT2D eigenvalue weighted by molar-refractivity contribution is 0.0939. The Morgan fingerprint density at radius 3 is 2.71 bits per heavy atom. The van der Waals surface area contributed by atoms with Crippen molar-refractivity contribution in [3.63, 3.8) is 0 Å². The highest BCUT2D eigenvalue weighted by molar-refractivity contribution is 5.95. The number of hydrogen-bond acceptors (Lipinski definition) is 2. The molecular weight excluding hydrogens is 344 g/mol. The van der Waals surface area contributed by atoms with E-state index in [1.165, 1.54) is 36.1 Å². The van der Waals surface area contributed by atoms with Gasteiger partial charge in [-0.2, -0.15) is 0 Å². The van der Waals surface area contributed by atoms with Crippen LogP contribution in [-0.4, -0.2) is 11.9 Å². The Bertz CT molecular complexity index is 877. The summed E-state index contributed by atoms with van der Waals surface area (Å²) in [4.78, 5) is 12.7. The van der Waals surface area contributed by atoms with Crippen molar-refractivity contribution in [3.05, 3.63) is 65.2 Å². The normalized spacial score (nSPS) is 30.9. The van der Waals surface area contributed by atoms with Crippen molar-refractivity contribution in [2.75, 3.05) is 5.32 Å². The smallest absolute Gasteiger partial charge is 0.251 e. The van der Waals surface area contributed by atoms with E-state index in [2.05, 4.69) is 66.9 Å². The van der Waals surface area contributed by atoms with Gasteiger partial charge in [0, 0.05) is 17.3 Å². The van der Waals surface area contributed by atoms with Gasteiger partial charge in [-0.05, 0) is 85.6 Å². The standard InChI is InChI=1S/C25H30N2O/c1-3-15(2)26-25(28)19-11-12-21-20(14-19)22-17-9-10-18(13-17)23(22)24(27-21)16-7-5-4-6-8-16/h4-8,11-12,14-15,17-18,22-24,27H,3,9-10,13H2,1-2H3,(H,26,28)/t15-,17-,18-,22-,23-,24-/m0/s1. The molecule has 6 atom stereocenters. The molecule has 3 heteroatoms. The maximum atomic E-state index is 12.7. The average Bonchev–Trinajstić information content (AvgIpc) is 3.36. The van der Waals surface area contributed by atoms with Crippen LogP contribution in [0.1, 0.15) is 73.0 Å². The third-order valence-electron chi connectivity index (χ3n) is 7.50. The van der Waals surface area contributed by atoms with Gasteiger partial charge in [-0.25, -0.2) is 0 Å². The van der Waals surface area contributed by atoms with Gasteiger partial charge in [0.15, 0.2) is 0 Å². The predicted octanol–water partition coefficient (Wildman–Crippen LogP) is 5.51. The molecule has 2 aromatic carbocycles. The number of anilines is 1. The molecule has 28 heavy (non-hydrogen) atoms. The first kappa shape index (κ1) is 17.8. The molecule has 5 rings (SSSR count). The van der Waals surface area contributed by atoms with Crippen LogP contribution in [0.15, 0.2) is 48.5 Å². The molecule has 2 aliphatic carbocycles. The molecule has 2 bridgehead atoms. The first-order valence-electron chi connectivity index (χ1n) is 10.9. The zero-order valence-corrected chi connectivity index (χ0v) is 16.8. The molecule has 1 heterocycles. The van der Waals surface area contributed by atoms with Crippen LogP contribution in [0.5, 0.6) is 0 Å². The molecule has 0 spiro atoms. The van der Waals surface area contributed by atoms with Crippen LogP contribution < -0.4 is 10.6 Å². The fourth-order valence-corrected chi connectivity index (χ4v) is 6.03. The number of rotatable bonds is 4. The molecule has 2 aromatic rings. The fraction of sp³-hybridized carbons (Fsp3) is 0.480. The minimum Gasteiger partial charge on any atom is -0.378 e. The van der Waals surface area contributed by atoms with Crippen LogP contribution in [0.2, 0.25) is 0 Å². The summed E-state index contributed by atoms with van der Waals surface area (Å²) in [5.41, 5.74) is 4.80. The SMILES string of the molecule is CC[C@H](C)NC(=O)c1ccc2c(c1)[C@@H]1[C@H]3CC[C@@H](C3)[C@@H]1[C@H](c1ccccc1)N2. The highest BCUT2D eigenvalue weighted by Gasteiger charge is 2.53. The minimum absolute atomic E-state index is 0.0574. The number of amides is 1. The molecule has 3 aliphatic rings. The molecule has 0 saturated heterocycles. The Morgan fingerprint density at radius 2 is 1.93 bits per heavy atom. The van der Waals surface area contributed by atoms with E-state index in [4.69, 9.17) is 0 Å². The zero-order chi connectivity index (χ0) is 19.3. The van der Waals surface area contributed by atoms with Crippen LogP contribution >= 0.6 is 0 Å². The topological polar surface area (TPSA) is 41.1 Å². The van der Waals surface area contributed by atoms with Crippen molar-refractivity contribution in [2.24, 2.45) is 17.8 Å². The highest BCUT2D eigenvalue weighted by atomic mass is 16.1. The van der Waals surface area contributed by atoms with E-state index < -0.39 is 0 Å². The van der Waals surface area contributed by atoms with Crippen molar-refractivity contribution in [2.45, 2.75) is 57.5 Å². The number of nitrogens with one attached hydrogen (secondary N) is 2. The van der Waals surface area contributed by atoms with E-state index in [9.17, 15) is 4.79 Å². The third kappa shape index (κ3) is 2.83. The lowest BCUT2D eigenvalue weighted by atomic mass is 9.68. The van der Waals surface area contributed by atoms with Crippen LogP contribution in [-0.2, 0) is 0 Å². The molecule has 2 N–H and O–H groups in total. The third-order valence-corrected chi connectivity index (χ3v) is 7.50. The summed E-state index contributed by atoms with van der Waals surface area (Å²) in [5, 5.41) is 6.98. The van der Waals surface area contributed by atoms with Gasteiger partial charge < -0.3 is 10.6 Å². The lowest BCUT2D eigenvalue weighted by Crippen LogP contribution is -2.36. The fourth-order valence-electron chi connectivity index (χ4n) is 6.03. The first-order chi connectivity index (χ1) is 13.7. The lowest BCUT2D eigenvalue weighted by Gasteiger charge is -2.43. The molecule has 146 valence electrons. The second kappa shape index (κ2) is 6.95. The van der Waals surface area contributed by atoms with E-state index in [0.717, 1.165) is 23.8 Å². The molecule has 0 unspecified atom stereocenters. The van der Waals surface area contributed by atoms with Gasteiger partial charge in [0.05, 0.1) is 6.04 Å². The molecule has 2 saturated carbocycles. The van der Waals surface area contributed by atoms with Crippen molar-refractivity contribution in [1.29, 1.82) is 0 Å². The summed E-state index contributed by atoms with van der Waals surface area (Å²) in [6.45, 7) is 4.17. The summed E-state index contributed by atoms with van der Waals surface area (Å²) in [5.74, 6) is 2.86. The maximum absolute atomic E-state index is 12.7. The molecule has 1 aliphatic heterocycles. The monoisotopic (exact) mass is 374 g/mol. The van der Waals surface area contributed by atoms with Crippen LogP contribution in [0.3, 0.4) is 0 Å². The number of carbonyl (C=O) groups excluding carboxylic acids is 1. The average molecular weight is 375 g/mol. The quantitative estimate of drug-likeness (QED) is 0.741. The van der Waals surface area contributed by atoms with Gasteiger partial charge in [-0.3, -0.25) is 4.79 Å². The number of benzene rings is 2. The van der Waals surface area contributed by atoms with E-state index in [-0.39, 0.29) is 11.9 Å². The second-order valence-electron chi connectivity index (χ2n) is 9.05. The zero-order valence-electron chi connectivity index (χ0n) is 16.8. The van der Waals surface area contributed by atoms with Gasteiger partial charge in [-0.1, -0.05) is 37.3 Å². The van der Waals surface area contributed by atoms with Gasteiger partial charge in [0.25, 0.3) is 5.91 Å². The molecule has 0 aromatic heterocycles. The first-order valence-corrected chi connectivity index (χ1v) is 10.9. The summed E-state index contributed by atoms with van der Waals surface area (Å²) < 4.78 is 0. The summed E-state index contributed by atoms with van der Waals surface area (Å²) in [6, 6.07) is 17.8. The Morgan fingerprint density at radius 1 is 1.14 bits per heavy atom. The maximum Gasteiger partial charge on any atom is 0.251 e. The second-order valence-corrected chi connectivity index (χ2v) is 9.05. The Hall–Kier alpha value is -2.29. The largest absolute Gasteiger partial charge is 0.378 e. The highest BCUT2D eigenvalue weighted by Crippen LogP contribution is 2.63. The van der Waals surface area contributed by atoms with Crippen molar-refractivity contribution in [1.82, 2.24) is 5.32 Å². The van der Waals surface area contributed by atoms with Crippen molar-refractivity contribution in [3.8, 4) is 0 Å². The molecule has 2 fully saturated rings. The van der Waals surface area contributed by atoms with E-state index in [1.54, 1.807) is 0 Å². The minimum atomic E-state index is 0.0574. The van der Waals surface area contributed by atoms with Gasteiger partial charge >= 0.3 is 0 Å². The summed E-state index contributed by atoms with van der Waals surface area (Å²) in [6.07, 6.45) is 5.00. The van der Waals surface area contributed by atoms with E-state index in [0.29, 0.717) is 17.9 Å². The van der Waals surface area contributed by atoms with Crippen LogP contribution in [0.4, 0.5) is 5.69 Å². The number of fused-ring (bicyclic) bond motifs is 7.